The Bertz CT molecular complexity index is 192. The maximum atomic E-state index is 5.61. The van der Waals surface area contributed by atoms with Gasteiger partial charge in [-0.05, 0) is 30.9 Å². The zero-order valence-electron chi connectivity index (χ0n) is 9.24. The highest BCUT2D eigenvalue weighted by Gasteiger charge is 2.27. The van der Waals surface area contributed by atoms with Crippen LogP contribution >= 0.6 is 0 Å². The van der Waals surface area contributed by atoms with Crippen LogP contribution in [0, 0.1) is 5.92 Å². The summed E-state index contributed by atoms with van der Waals surface area (Å²) in [6.07, 6.45) is 14.3. The molecule has 3 aliphatic rings. The Balaban J connectivity index is 2.10. The van der Waals surface area contributed by atoms with E-state index in [9.17, 15) is 0 Å². The van der Waals surface area contributed by atoms with E-state index >= 15 is 0 Å². The van der Waals surface area contributed by atoms with Gasteiger partial charge in [0.2, 0.25) is 0 Å². The molecule has 0 aromatic heterocycles. The van der Waals surface area contributed by atoms with Crippen molar-refractivity contribution in [3.63, 3.8) is 0 Å². The van der Waals surface area contributed by atoms with Gasteiger partial charge in [0, 0.05) is 7.11 Å². The van der Waals surface area contributed by atoms with Gasteiger partial charge in [-0.15, -0.1) is 0 Å². The van der Waals surface area contributed by atoms with Crippen LogP contribution in [0.1, 0.15) is 38.5 Å². The first-order valence-corrected chi connectivity index (χ1v) is 6.09. The minimum Gasteiger partial charge on any atom is -0.438 e. The molecule has 3 rings (SSSR count). The number of hydrogen-bond donors (Lipinski definition) is 0. The van der Waals surface area contributed by atoms with Crippen molar-refractivity contribution < 1.29 is 4.65 Å². The lowest BCUT2D eigenvalue weighted by atomic mass is 9.51. The van der Waals surface area contributed by atoms with Crippen molar-refractivity contribution in [3.8, 4) is 0 Å². The van der Waals surface area contributed by atoms with Gasteiger partial charge in [0.15, 0.2) is 0 Å². The molecule has 0 amide bonds. The van der Waals surface area contributed by atoms with Gasteiger partial charge < -0.3 is 4.65 Å². The maximum Gasteiger partial charge on any atom is 0.299 e. The molecule has 78 valence electrons. The standard InChI is InChI=1S/C12H21BO/c1-14-13-10-4-7-11-5-2-8-12(13)9-3-6-11/h4,7,11-12H,2-3,5-6,8-10H2,1H3/b7-4-. The van der Waals surface area contributed by atoms with Crippen LogP contribution in [0.4, 0.5) is 0 Å². The molecule has 0 N–H and O–H groups in total. The molecule has 2 aliphatic heterocycles. The van der Waals surface area contributed by atoms with E-state index in [0.717, 1.165) is 18.1 Å². The van der Waals surface area contributed by atoms with Gasteiger partial charge in [-0.2, -0.15) is 0 Å². The highest BCUT2D eigenvalue weighted by molar-refractivity contribution is 6.54. The smallest absolute Gasteiger partial charge is 0.299 e. The summed E-state index contributed by atoms with van der Waals surface area (Å²) in [7, 11) is 1.87. The van der Waals surface area contributed by atoms with Crippen molar-refractivity contribution in [3.05, 3.63) is 12.2 Å². The van der Waals surface area contributed by atoms with E-state index in [-0.39, 0.29) is 0 Å². The SMILES string of the molecule is COB1C/C=C\C2CCCC1CCC2. The molecular formula is C12H21BO. The highest BCUT2D eigenvalue weighted by atomic mass is 16.4. The minimum absolute atomic E-state index is 0.489. The van der Waals surface area contributed by atoms with Gasteiger partial charge in [-0.25, -0.2) is 0 Å². The summed E-state index contributed by atoms with van der Waals surface area (Å²) in [6, 6.07) is 0. The normalized spacial score (nSPS) is 35.6. The second-order valence-corrected chi connectivity index (χ2v) is 4.82. The second-order valence-electron chi connectivity index (χ2n) is 4.82. The predicted octanol–water partition coefficient (Wildman–Crippen LogP) is 3.53. The van der Waals surface area contributed by atoms with Crippen LogP contribution in [0.3, 0.4) is 0 Å². The summed E-state index contributed by atoms with van der Waals surface area (Å²) in [5.41, 5.74) is 0. The topological polar surface area (TPSA) is 9.23 Å². The van der Waals surface area contributed by atoms with Gasteiger partial charge in [-0.3, -0.25) is 0 Å². The fourth-order valence-corrected chi connectivity index (χ4v) is 3.02. The minimum atomic E-state index is 0.489. The summed E-state index contributed by atoms with van der Waals surface area (Å²) in [4.78, 5) is 0. The van der Waals surface area contributed by atoms with Gasteiger partial charge in [0.05, 0.1) is 0 Å². The first-order chi connectivity index (χ1) is 6.90. The highest BCUT2D eigenvalue weighted by Crippen LogP contribution is 2.35. The van der Waals surface area contributed by atoms with Crippen LogP contribution in [0.25, 0.3) is 0 Å². The lowest BCUT2D eigenvalue weighted by molar-refractivity contribution is 0.377. The average Bonchev–Trinajstić information content (AvgIpc) is 2.30. The van der Waals surface area contributed by atoms with Crippen LogP contribution in [-0.2, 0) is 4.65 Å². The Labute approximate surface area is 88.0 Å². The molecular weight excluding hydrogens is 171 g/mol. The van der Waals surface area contributed by atoms with Crippen LogP contribution in [0.2, 0.25) is 12.1 Å². The first kappa shape index (κ1) is 10.3. The zero-order valence-corrected chi connectivity index (χ0v) is 9.24. The summed E-state index contributed by atoms with van der Waals surface area (Å²) in [5.74, 6) is 1.69. The van der Waals surface area contributed by atoms with Crippen molar-refractivity contribution in [1.82, 2.24) is 0 Å². The molecule has 0 unspecified atom stereocenters. The number of allylic oxidation sites excluding steroid dienone is 2. The molecule has 0 radical (unpaired) electrons. The van der Waals surface area contributed by atoms with Crippen molar-refractivity contribution in [1.29, 1.82) is 0 Å². The number of hydrogen-bond acceptors (Lipinski definition) is 1. The Hall–Kier alpha value is -0.235. The van der Waals surface area contributed by atoms with Gasteiger partial charge >= 0.3 is 0 Å². The molecule has 1 nitrogen and oxygen atoms in total. The molecule has 1 aliphatic carbocycles. The lowest BCUT2D eigenvalue weighted by Gasteiger charge is -2.24. The van der Waals surface area contributed by atoms with E-state index in [1.807, 2.05) is 7.11 Å². The number of rotatable bonds is 1. The fourth-order valence-electron chi connectivity index (χ4n) is 3.02. The Morgan fingerprint density at radius 2 is 1.86 bits per heavy atom. The van der Waals surface area contributed by atoms with Crippen molar-refractivity contribution >= 4 is 6.92 Å². The predicted molar refractivity (Wildman–Crippen MR) is 61.7 cm³/mol. The molecule has 2 heteroatoms. The molecule has 0 aromatic rings. The van der Waals surface area contributed by atoms with Crippen molar-refractivity contribution in [2.24, 2.45) is 5.92 Å². The van der Waals surface area contributed by atoms with Crippen LogP contribution in [0.15, 0.2) is 12.2 Å². The maximum absolute atomic E-state index is 5.61. The summed E-state index contributed by atoms with van der Waals surface area (Å²) >= 11 is 0. The number of fused-ring (bicyclic) bond motifs is 6. The van der Waals surface area contributed by atoms with E-state index in [4.69, 9.17) is 4.65 Å². The Morgan fingerprint density at radius 1 is 1.14 bits per heavy atom. The van der Waals surface area contributed by atoms with Crippen LogP contribution in [-0.4, -0.2) is 14.0 Å². The Morgan fingerprint density at radius 3 is 2.50 bits per heavy atom. The third kappa shape index (κ3) is 2.41. The summed E-state index contributed by atoms with van der Waals surface area (Å²) in [6.45, 7) is 0.489. The third-order valence-corrected chi connectivity index (χ3v) is 3.90. The van der Waals surface area contributed by atoms with Crippen molar-refractivity contribution in [2.75, 3.05) is 7.11 Å². The largest absolute Gasteiger partial charge is 0.438 e. The fraction of sp³-hybridized carbons (Fsp3) is 0.833. The van der Waals surface area contributed by atoms with Crippen LogP contribution in [0.5, 0.6) is 0 Å². The molecule has 0 aromatic carbocycles. The molecule has 0 spiro atoms. The molecule has 2 bridgehead atoms. The Kier molecular flexibility index (Phi) is 3.69. The van der Waals surface area contributed by atoms with Gasteiger partial charge in [-0.1, -0.05) is 37.8 Å². The van der Waals surface area contributed by atoms with Gasteiger partial charge in [0.1, 0.15) is 0 Å². The van der Waals surface area contributed by atoms with Crippen LogP contribution < -0.4 is 0 Å². The summed E-state index contributed by atoms with van der Waals surface area (Å²) in [5, 5.41) is 0. The van der Waals surface area contributed by atoms with E-state index in [2.05, 4.69) is 12.2 Å². The molecule has 14 heavy (non-hydrogen) atoms. The average molecular weight is 192 g/mol. The molecule has 1 saturated carbocycles. The second kappa shape index (κ2) is 5.02. The molecule has 2 heterocycles. The third-order valence-electron chi connectivity index (χ3n) is 3.90. The van der Waals surface area contributed by atoms with Crippen molar-refractivity contribution in [2.45, 2.75) is 50.7 Å². The molecule has 0 saturated heterocycles. The van der Waals surface area contributed by atoms with E-state index in [1.165, 1.54) is 38.5 Å². The van der Waals surface area contributed by atoms with E-state index in [0.29, 0.717) is 6.92 Å². The molecule has 1 fully saturated rings. The monoisotopic (exact) mass is 192 g/mol. The zero-order chi connectivity index (χ0) is 9.80. The quantitative estimate of drug-likeness (QED) is 0.456. The van der Waals surface area contributed by atoms with E-state index < -0.39 is 0 Å². The lowest BCUT2D eigenvalue weighted by Crippen LogP contribution is -2.23. The molecule has 0 atom stereocenters. The van der Waals surface area contributed by atoms with Gasteiger partial charge in [0.25, 0.3) is 6.92 Å². The summed E-state index contributed by atoms with van der Waals surface area (Å²) < 4.78 is 5.61. The van der Waals surface area contributed by atoms with E-state index in [1.54, 1.807) is 0 Å². The first-order valence-electron chi connectivity index (χ1n) is 6.09.